The predicted octanol–water partition coefficient (Wildman–Crippen LogP) is 5.45. The fraction of sp³-hybridized carbons (Fsp3) is 0.387. The van der Waals surface area contributed by atoms with Gasteiger partial charge in [-0.25, -0.2) is 8.42 Å². The Morgan fingerprint density at radius 1 is 1.00 bits per heavy atom. The van der Waals surface area contributed by atoms with Gasteiger partial charge < -0.3 is 19.3 Å². The molecule has 206 valence electrons. The van der Waals surface area contributed by atoms with Gasteiger partial charge in [-0.1, -0.05) is 30.3 Å². The summed E-state index contributed by atoms with van der Waals surface area (Å²) in [5.41, 5.74) is 7.61. The van der Waals surface area contributed by atoms with Crippen LogP contribution < -0.4 is 14.2 Å². The highest BCUT2D eigenvalue weighted by Gasteiger charge is 2.30. The number of ether oxygens (including phenoxy) is 3. The lowest BCUT2D eigenvalue weighted by molar-refractivity contribution is -0.137. The van der Waals surface area contributed by atoms with Crippen LogP contribution >= 0.6 is 0 Å². The maximum absolute atomic E-state index is 11.4. The van der Waals surface area contributed by atoms with E-state index >= 15 is 0 Å². The molecule has 2 aliphatic heterocycles. The lowest BCUT2D eigenvalue weighted by Crippen LogP contribution is -2.08. The minimum Gasteiger partial charge on any atom is -0.494 e. The van der Waals surface area contributed by atoms with Crippen molar-refractivity contribution in [1.29, 1.82) is 0 Å². The van der Waals surface area contributed by atoms with Gasteiger partial charge in [0.15, 0.2) is 0 Å². The molecule has 5 rings (SSSR count). The van der Waals surface area contributed by atoms with Gasteiger partial charge >= 0.3 is 5.97 Å². The van der Waals surface area contributed by atoms with E-state index in [0.717, 1.165) is 57.1 Å². The number of hydrogen-bond acceptors (Lipinski definition) is 6. The third kappa shape index (κ3) is 6.06. The number of para-hydroxylation sites is 1. The molecule has 0 radical (unpaired) electrons. The summed E-state index contributed by atoms with van der Waals surface area (Å²) in [7, 11) is -3.00. The van der Waals surface area contributed by atoms with Gasteiger partial charge in [0, 0.05) is 34.8 Å². The normalized spacial score (nSPS) is 17.7. The highest BCUT2D eigenvalue weighted by molar-refractivity contribution is 7.90. The van der Waals surface area contributed by atoms with Crippen LogP contribution in [0.4, 0.5) is 0 Å². The monoisotopic (exact) mass is 550 g/mol. The average Bonchev–Trinajstić information content (AvgIpc) is 3.45. The third-order valence-electron chi connectivity index (χ3n) is 7.48. The second-order valence-corrected chi connectivity index (χ2v) is 12.9. The summed E-state index contributed by atoms with van der Waals surface area (Å²) < 4.78 is 40.7. The average molecular weight is 551 g/mol. The van der Waals surface area contributed by atoms with E-state index < -0.39 is 15.8 Å². The van der Waals surface area contributed by atoms with E-state index in [-0.39, 0.29) is 24.0 Å². The molecule has 0 unspecified atom stereocenters. The topological polar surface area (TPSA) is 99.1 Å². The van der Waals surface area contributed by atoms with Crippen LogP contribution in [0.25, 0.3) is 11.1 Å². The van der Waals surface area contributed by atoms with Crippen LogP contribution in [0, 0.1) is 13.8 Å². The number of aliphatic carboxylic acids is 1. The van der Waals surface area contributed by atoms with Gasteiger partial charge in [0.1, 0.15) is 27.1 Å². The second-order valence-electron chi connectivity index (χ2n) is 10.7. The summed E-state index contributed by atoms with van der Waals surface area (Å²) in [6.07, 6.45) is 2.57. The zero-order valence-corrected chi connectivity index (χ0v) is 23.3. The van der Waals surface area contributed by atoms with E-state index in [9.17, 15) is 13.2 Å². The van der Waals surface area contributed by atoms with Crippen LogP contribution in [0.3, 0.4) is 0 Å². The quantitative estimate of drug-likeness (QED) is 0.335. The van der Waals surface area contributed by atoms with Gasteiger partial charge in [0.2, 0.25) is 0 Å². The number of sulfone groups is 1. The number of aryl methyl sites for hydroxylation is 2. The molecule has 0 spiro atoms. The maximum Gasteiger partial charge on any atom is 0.304 e. The zero-order valence-electron chi connectivity index (χ0n) is 22.5. The van der Waals surface area contributed by atoms with Gasteiger partial charge in [0.25, 0.3) is 0 Å². The van der Waals surface area contributed by atoms with Gasteiger partial charge in [-0.05, 0) is 67.1 Å². The summed E-state index contributed by atoms with van der Waals surface area (Å²) in [6, 6.07) is 16.4. The van der Waals surface area contributed by atoms with Crippen molar-refractivity contribution in [3.63, 3.8) is 0 Å². The van der Waals surface area contributed by atoms with Crippen LogP contribution in [0.2, 0.25) is 0 Å². The Morgan fingerprint density at radius 3 is 2.46 bits per heavy atom. The molecule has 2 atom stereocenters. The number of rotatable bonds is 10. The van der Waals surface area contributed by atoms with Crippen molar-refractivity contribution < 1.29 is 32.5 Å². The molecule has 0 saturated heterocycles. The Hall–Kier alpha value is -3.52. The Kier molecular flexibility index (Phi) is 7.58. The molecule has 7 nitrogen and oxygen atoms in total. The number of benzene rings is 3. The first kappa shape index (κ1) is 27.1. The predicted molar refractivity (Wildman–Crippen MR) is 150 cm³/mol. The van der Waals surface area contributed by atoms with Crippen molar-refractivity contribution in [3.8, 4) is 28.4 Å². The van der Waals surface area contributed by atoms with Gasteiger partial charge in [-0.15, -0.1) is 0 Å². The number of fused-ring (bicyclic) bond motifs is 2. The van der Waals surface area contributed by atoms with Crippen LogP contribution in [-0.2, 0) is 21.1 Å². The molecule has 0 bridgehead atoms. The second kappa shape index (κ2) is 10.9. The van der Waals surface area contributed by atoms with E-state index in [1.54, 1.807) is 0 Å². The third-order valence-corrected chi connectivity index (χ3v) is 8.51. The molecule has 8 heteroatoms. The molecular formula is C31H34O7S. The fourth-order valence-corrected chi connectivity index (χ4v) is 6.37. The Balaban J connectivity index is 1.33. The molecule has 0 aromatic heterocycles. The van der Waals surface area contributed by atoms with Crippen molar-refractivity contribution in [2.45, 2.75) is 44.9 Å². The standard InChI is InChI=1S/C31H34O7S/c1-19-12-24(36-10-5-11-39(3,34)35)13-20(2)30(19)27-7-4-6-26-22(18-38-31(26)27)14-21-8-9-25-23(16-29(32)33)17-37-28(25)15-21/h4,6-9,12-13,15,22-23H,5,10-11,14,16-18H2,1-3H3,(H,32,33)/t22-,23+/m0/s1. The number of hydrogen-bond donors (Lipinski definition) is 1. The minimum atomic E-state index is -3.00. The molecule has 2 aliphatic rings. The van der Waals surface area contributed by atoms with Crippen LogP contribution in [-0.4, -0.2) is 51.3 Å². The van der Waals surface area contributed by atoms with Crippen molar-refractivity contribution in [1.82, 2.24) is 0 Å². The number of carboxylic acids is 1. The summed E-state index contributed by atoms with van der Waals surface area (Å²) in [6.45, 7) is 5.46. The molecule has 3 aromatic carbocycles. The van der Waals surface area contributed by atoms with Crippen LogP contribution in [0.15, 0.2) is 48.5 Å². The van der Waals surface area contributed by atoms with E-state index in [1.165, 1.54) is 11.8 Å². The lowest BCUT2D eigenvalue weighted by atomic mass is 9.88. The first-order chi connectivity index (χ1) is 18.6. The molecule has 0 aliphatic carbocycles. The highest BCUT2D eigenvalue weighted by Crippen LogP contribution is 2.46. The Bertz CT molecular complexity index is 1490. The molecule has 39 heavy (non-hydrogen) atoms. The van der Waals surface area contributed by atoms with Crippen molar-refractivity contribution in [2.75, 3.05) is 31.8 Å². The van der Waals surface area contributed by atoms with E-state index in [4.69, 9.17) is 19.3 Å². The van der Waals surface area contributed by atoms with E-state index in [1.807, 2.05) is 24.3 Å². The number of carboxylic acid groups (broad SMARTS) is 1. The maximum atomic E-state index is 11.4. The van der Waals surface area contributed by atoms with E-state index in [0.29, 0.717) is 26.2 Å². The van der Waals surface area contributed by atoms with Gasteiger partial charge in [-0.3, -0.25) is 4.79 Å². The molecule has 0 saturated carbocycles. The fourth-order valence-electron chi connectivity index (χ4n) is 5.73. The van der Waals surface area contributed by atoms with Crippen molar-refractivity contribution >= 4 is 15.8 Å². The molecular weight excluding hydrogens is 516 g/mol. The molecule has 2 heterocycles. The first-order valence-corrected chi connectivity index (χ1v) is 15.3. The zero-order chi connectivity index (χ0) is 27.7. The van der Waals surface area contributed by atoms with Crippen LogP contribution in [0.1, 0.15) is 52.5 Å². The SMILES string of the molecule is Cc1cc(OCCCS(C)(=O)=O)cc(C)c1-c1cccc2c1OC[C@@H]2Cc1ccc2c(c1)OC[C@H]2CC(=O)O. The molecule has 0 amide bonds. The Morgan fingerprint density at radius 2 is 1.74 bits per heavy atom. The lowest BCUT2D eigenvalue weighted by Gasteiger charge is -2.16. The van der Waals surface area contributed by atoms with Crippen molar-refractivity contribution in [3.05, 3.63) is 76.3 Å². The van der Waals surface area contributed by atoms with E-state index in [2.05, 4.69) is 38.1 Å². The molecule has 1 N–H and O–H groups in total. The minimum absolute atomic E-state index is 0.0775. The number of carbonyl (C=O) groups is 1. The highest BCUT2D eigenvalue weighted by atomic mass is 32.2. The first-order valence-electron chi connectivity index (χ1n) is 13.2. The molecule has 3 aromatic rings. The van der Waals surface area contributed by atoms with Crippen molar-refractivity contribution in [2.24, 2.45) is 0 Å². The summed E-state index contributed by atoms with van der Waals surface area (Å²) in [5.74, 6) is 1.84. The summed E-state index contributed by atoms with van der Waals surface area (Å²) in [4.78, 5) is 11.2. The smallest absolute Gasteiger partial charge is 0.304 e. The van der Waals surface area contributed by atoms with Crippen LogP contribution in [0.5, 0.6) is 17.2 Å². The van der Waals surface area contributed by atoms with Gasteiger partial charge in [0.05, 0.1) is 32.0 Å². The summed E-state index contributed by atoms with van der Waals surface area (Å²) >= 11 is 0. The summed E-state index contributed by atoms with van der Waals surface area (Å²) in [5, 5.41) is 9.16. The van der Waals surface area contributed by atoms with Gasteiger partial charge in [-0.2, -0.15) is 0 Å². The largest absolute Gasteiger partial charge is 0.494 e. The Labute approximate surface area is 229 Å². The molecule has 0 fully saturated rings.